The third kappa shape index (κ3) is 4.47. The second kappa shape index (κ2) is 7.61. The fraction of sp³-hybridized carbons (Fsp3) is 0.571. The molecule has 1 fully saturated rings. The third-order valence-electron chi connectivity index (χ3n) is 3.27. The Hall–Kier alpha value is -1.11. The molecular weight excluding hydrogens is 280 g/mol. The third-order valence-corrected chi connectivity index (χ3v) is 3.68. The molecule has 0 bridgehead atoms. The van der Waals surface area contributed by atoms with E-state index in [4.69, 9.17) is 18.2 Å². The van der Waals surface area contributed by atoms with Gasteiger partial charge in [-0.2, -0.15) is 4.21 Å². The zero-order chi connectivity index (χ0) is 14.4. The number of benzene rings is 1. The van der Waals surface area contributed by atoms with Gasteiger partial charge in [0.2, 0.25) is 0 Å². The maximum Gasteiger partial charge on any atom is 0.302 e. The van der Waals surface area contributed by atoms with Crippen LogP contribution in [0.5, 0.6) is 11.5 Å². The van der Waals surface area contributed by atoms with Gasteiger partial charge in [-0.25, -0.2) is 0 Å². The molecule has 6 heteroatoms. The summed E-state index contributed by atoms with van der Waals surface area (Å²) in [5.74, 6) is 1.52. The summed E-state index contributed by atoms with van der Waals surface area (Å²) in [7, 11) is 0. The molecule has 0 aromatic heterocycles. The predicted octanol–water partition coefficient (Wildman–Crippen LogP) is 2.93. The van der Waals surface area contributed by atoms with Crippen molar-refractivity contribution < 1.29 is 22.4 Å². The topological polar surface area (TPSA) is 65.0 Å². The van der Waals surface area contributed by atoms with E-state index in [2.05, 4.69) is 0 Å². The van der Waals surface area contributed by atoms with E-state index in [1.165, 1.54) is 0 Å². The highest BCUT2D eigenvalue weighted by atomic mass is 32.2. The summed E-state index contributed by atoms with van der Waals surface area (Å²) in [6, 6.07) is 7.38. The Morgan fingerprint density at radius 2 is 1.75 bits per heavy atom. The van der Waals surface area contributed by atoms with E-state index < -0.39 is 11.4 Å². The Labute approximate surface area is 121 Å². The molecule has 2 rings (SSSR count). The summed E-state index contributed by atoms with van der Waals surface area (Å²) in [4.78, 5) is 0. The second-order valence-corrected chi connectivity index (χ2v) is 5.32. The fourth-order valence-corrected chi connectivity index (χ4v) is 2.80. The van der Waals surface area contributed by atoms with E-state index in [0.29, 0.717) is 6.61 Å². The van der Waals surface area contributed by atoms with Gasteiger partial charge >= 0.3 is 11.4 Å². The SMILES string of the molecule is CCOc1ccc(OC2CCCCC2OS(=O)O)cc1. The van der Waals surface area contributed by atoms with Crippen molar-refractivity contribution in [2.45, 2.75) is 44.8 Å². The van der Waals surface area contributed by atoms with E-state index >= 15 is 0 Å². The minimum atomic E-state index is -2.25. The van der Waals surface area contributed by atoms with Crippen LogP contribution in [-0.2, 0) is 15.5 Å². The molecule has 112 valence electrons. The fourth-order valence-electron chi connectivity index (χ4n) is 2.37. The summed E-state index contributed by atoms with van der Waals surface area (Å²) in [5, 5.41) is 0. The van der Waals surface area contributed by atoms with Crippen LogP contribution in [0.2, 0.25) is 0 Å². The molecule has 0 heterocycles. The first-order valence-electron chi connectivity index (χ1n) is 6.86. The highest BCUT2D eigenvalue weighted by Gasteiger charge is 2.29. The van der Waals surface area contributed by atoms with Gasteiger partial charge in [0.15, 0.2) is 0 Å². The largest absolute Gasteiger partial charge is 0.494 e. The first-order valence-corrected chi connectivity index (χ1v) is 7.89. The van der Waals surface area contributed by atoms with Gasteiger partial charge in [-0.1, -0.05) is 6.42 Å². The molecule has 1 aliphatic rings. The molecule has 0 amide bonds. The summed E-state index contributed by atoms with van der Waals surface area (Å²) in [6.07, 6.45) is 3.09. The van der Waals surface area contributed by atoms with Crippen LogP contribution in [0.25, 0.3) is 0 Å². The number of hydrogen-bond donors (Lipinski definition) is 1. The van der Waals surface area contributed by atoms with E-state index in [1.54, 1.807) is 0 Å². The van der Waals surface area contributed by atoms with Gasteiger partial charge in [-0.3, -0.25) is 8.74 Å². The van der Waals surface area contributed by atoms with Gasteiger partial charge in [-0.15, -0.1) is 0 Å². The van der Waals surface area contributed by atoms with Gasteiger partial charge in [0.25, 0.3) is 0 Å². The lowest BCUT2D eigenvalue weighted by Gasteiger charge is -2.30. The summed E-state index contributed by atoms with van der Waals surface area (Å²) in [5.41, 5.74) is 0. The Kier molecular flexibility index (Phi) is 5.82. The zero-order valence-electron chi connectivity index (χ0n) is 11.5. The van der Waals surface area contributed by atoms with Crippen LogP contribution >= 0.6 is 0 Å². The van der Waals surface area contributed by atoms with Crippen molar-refractivity contribution in [2.24, 2.45) is 0 Å². The van der Waals surface area contributed by atoms with Crippen molar-refractivity contribution in [2.75, 3.05) is 6.61 Å². The van der Waals surface area contributed by atoms with Crippen LogP contribution in [0.4, 0.5) is 0 Å². The minimum absolute atomic E-state index is 0.183. The highest BCUT2D eigenvalue weighted by molar-refractivity contribution is 7.74. The van der Waals surface area contributed by atoms with Crippen molar-refractivity contribution in [3.05, 3.63) is 24.3 Å². The Morgan fingerprint density at radius 3 is 2.35 bits per heavy atom. The van der Waals surface area contributed by atoms with Gasteiger partial charge in [0.05, 0.1) is 6.61 Å². The van der Waals surface area contributed by atoms with Gasteiger partial charge < -0.3 is 9.47 Å². The molecule has 20 heavy (non-hydrogen) atoms. The van der Waals surface area contributed by atoms with Crippen LogP contribution < -0.4 is 9.47 Å². The monoisotopic (exact) mass is 300 g/mol. The molecule has 1 aromatic rings. The number of ether oxygens (including phenoxy) is 2. The molecule has 3 unspecified atom stereocenters. The first-order chi connectivity index (χ1) is 9.69. The minimum Gasteiger partial charge on any atom is -0.494 e. The molecule has 5 nitrogen and oxygen atoms in total. The van der Waals surface area contributed by atoms with Crippen LogP contribution in [-0.4, -0.2) is 27.6 Å². The molecule has 1 aliphatic carbocycles. The lowest BCUT2D eigenvalue weighted by molar-refractivity contribution is 0.0261. The maximum absolute atomic E-state index is 10.8. The lowest BCUT2D eigenvalue weighted by atomic mass is 9.95. The van der Waals surface area contributed by atoms with Crippen LogP contribution in [0.15, 0.2) is 24.3 Å². The van der Waals surface area contributed by atoms with Crippen molar-refractivity contribution in [1.82, 2.24) is 0 Å². The second-order valence-electron chi connectivity index (χ2n) is 4.70. The summed E-state index contributed by atoms with van der Waals surface area (Å²) >= 11 is -2.25. The van der Waals surface area contributed by atoms with Crippen molar-refractivity contribution in [1.29, 1.82) is 0 Å². The molecule has 0 spiro atoms. The zero-order valence-corrected chi connectivity index (χ0v) is 12.3. The normalized spacial score (nSPS) is 24.1. The van der Waals surface area contributed by atoms with E-state index in [-0.39, 0.29) is 12.2 Å². The van der Waals surface area contributed by atoms with Crippen LogP contribution in [0.3, 0.4) is 0 Å². The van der Waals surface area contributed by atoms with Crippen molar-refractivity contribution in [3.63, 3.8) is 0 Å². The molecular formula is C14H20O5S. The number of hydrogen-bond acceptors (Lipinski definition) is 4. The average Bonchev–Trinajstić information content (AvgIpc) is 2.43. The Morgan fingerprint density at radius 1 is 1.15 bits per heavy atom. The molecule has 1 saturated carbocycles. The Balaban J connectivity index is 1.97. The summed E-state index contributed by atoms with van der Waals surface area (Å²) < 4.78 is 35.9. The van der Waals surface area contributed by atoms with Gasteiger partial charge in [0.1, 0.15) is 23.7 Å². The lowest BCUT2D eigenvalue weighted by Crippen LogP contribution is -2.37. The van der Waals surface area contributed by atoms with Gasteiger partial charge in [0, 0.05) is 0 Å². The first kappa shape index (κ1) is 15.3. The molecule has 1 N–H and O–H groups in total. The molecule has 1 aromatic carbocycles. The van der Waals surface area contributed by atoms with E-state index in [1.807, 2.05) is 31.2 Å². The summed E-state index contributed by atoms with van der Waals surface area (Å²) in [6.45, 7) is 2.56. The molecule has 0 aliphatic heterocycles. The Bertz CT molecular complexity index is 434. The maximum atomic E-state index is 10.8. The smallest absolute Gasteiger partial charge is 0.302 e. The van der Waals surface area contributed by atoms with Crippen LogP contribution in [0.1, 0.15) is 32.6 Å². The molecule has 0 saturated heterocycles. The number of rotatable bonds is 6. The quantitative estimate of drug-likeness (QED) is 0.818. The molecule has 3 atom stereocenters. The standard InChI is InChI=1S/C14H20O5S/c1-2-17-11-7-9-12(10-8-11)18-13-5-3-4-6-14(13)19-20(15)16/h7-10,13-14H,2-6H2,1H3,(H,15,16). The van der Waals surface area contributed by atoms with Gasteiger partial charge in [-0.05, 0) is 50.5 Å². The molecule has 0 radical (unpaired) electrons. The van der Waals surface area contributed by atoms with E-state index in [9.17, 15) is 4.21 Å². The predicted molar refractivity (Wildman–Crippen MR) is 76.1 cm³/mol. The average molecular weight is 300 g/mol. The van der Waals surface area contributed by atoms with Crippen molar-refractivity contribution >= 4 is 11.4 Å². The van der Waals surface area contributed by atoms with Crippen LogP contribution in [0, 0.1) is 0 Å². The highest BCUT2D eigenvalue weighted by Crippen LogP contribution is 2.27. The van der Waals surface area contributed by atoms with Crippen molar-refractivity contribution in [3.8, 4) is 11.5 Å². The van der Waals surface area contributed by atoms with E-state index in [0.717, 1.165) is 37.2 Å².